The first-order valence-corrected chi connectivity index (χ1v) is 9.09. The fourth-order valence-corrected chi connectivity index (χ4v) is 2.69. The van der Waals surface area contributed by atoms with E-state index in [1.54, 1.807) is 7.11 Å². The van der Waals surface area contributed by atoms with E-state index in [1.807, 2.05) is 30.3 Å². The van der Waals surface area contributed by atoms with Crippen molar-refractivity contribution in [3.63, 3.8) is 0 Å². The highest BCUT2D eigenvalue weighted by Gasteiger charge is 2.19. The van der Waals surface area contributed by atoms with Gasteiger partial charge in [-0.25, -0.2) is 0 Å². The van der Waals surface area contributed by atoms with Crippen molar-refractivity contribution in [3.8, 4) is 5.75 Å². The van der Waals surface area contributed by atoms with Crippen molar-refractivity contribution >= 4 is 14.4 Å². The van der Waals surface area contributed by atoms with Crippen molar-refractivity contribution in [2.45, 2.75) is 25.6 Å². The Labute approximate surface area is 105 Å². The Morgan fingerprint density at radius 3 is 2.41 bits per heavy atom. The molecule has 3 heteroatoms. The van der Waals surface area contributed by atoms with Crippen LogP contribution in [0, 0.1) is 0 Å². The van der Waals surface area contributed by atoms with Gasteiger partial charge in [0.25, 0.3) is 0 Å². The molecule has 17 heavy (non-hydrogen) atoms. The Hall–Kier alpha value is -1.06. The Kier molecular flexibility index (Phi) is 5.45. The minimum atomic E-state index is -1.42. The molecule has 0 saturated carbocycles. The maximum absolute atomic E-state index is 5.68. The van der Waals surface area contributed by atoms with Crippen LogP contribution in [0.4, 0.5) is 0 Å². The average molecular weight is 250 g/mol. The Morgan fingerprint density at radius 1 is 1.24 bits per heavy atom. The van der Waals surface area contributed by atoms with Crippen LogP contribution in [-0.4, -0.2) is 22.0 Å². The van der Waals surface area contributed by atoms with Crippen molar-refractivity contribution in [1.29, 1.82) is 0 Å². The molecule has 0 heterocycles. The summed E-state index contributed by atoms with van der Waals surface area (Å²) in [5, 5.41) is 0. The van der Waals surface area contributed by atoms with Crippen molar-refractivity contribution in [2.24, 2.45) is 0 Å². The standard InChI is InChI=1S/C14H22O2Si/c1-5-13-7-9-14(10-8-13)16-11-6-12-17(3,4)15-2/h5,7-10H,1,6,11-12H2,2-4H3. The highest BCUT2D eigenvalue weighted by molar-refractivity contribution is 6.71. The molecule has 1 aromatic carbocycles. The maximum atomic E-state index is 5.68. The van der Waals surface area contributed by atoms with Gasteiger partial charge in [-0.2, -0.15) is 0 Å². The van der Waals surface area contributed by atoms with E-state index in [2.05, 4.69) is 19.7 Å². The molecule has 0 aliphatic carbocycles. The lowest BCUT2D eigenvalue weighted by molar-refractivity contribution is 0.311. The number of ether oxygens (including phenoxy) is 1. The third-order valence-corrected chi connectivity index (χ3v) is 5.52. The smallest absolute Gasteiger partial charge is 0.186 e. The van der Waals surface area contributed by atoms with Crippen LogP contribution in [0.3, 0.4) is 0 Å². The van der Waals surface area contributed by atoms with Gasteiger partial charge in [0.2, 0.25) is 0 Å². The SMILES string of the molecule is C=Cc1ccc(OCCC[Si](C)(C)OC)cc1. The van der Waals surface area contributed by atoms with Gasteiger partial charge in [0.15, 0.2) is 8.32 Å². The van der Waals surface area contributed by atoms with Gasteiger partial charge in [-0.3, -0.25) is 0 Å². The second-order valence-corrected chi connectivity index (χ2v) is 9.12. The van der Waals surface area contributed by atoms with Gasteiger partial charge in [0.05, 0.1) is 6.61 Å². The van der Waals surface area contributed by atoms with Gasteiger partial charge in [-0.1, -0.05) is 24.8 Å². The molecule has 0 N–H and O–H groups in total. The Balaban J connectivity index is 2.28. The predicted octanol–water partition coefficient (Wildman–Crippen LogP) is 3.95. The highest BCUT2D eigenvalue weighted by Crippen LogP contribution is 2.15. The summed E-state index contributed by atoms with van der Waals surface area (Å²) in [6.45, 7) is 8.94. The second-order valence-electron chi connectivity index (χ2n) is 4.69. The number of hydrogen-bond acceptors (Lipinski definition) is 2. The fraction of sp³-hybridized carbons (Fsp3) is 0.429. The summed E-state index contributed by atoms with van der Waals surface area (Å²) in [6, 6.07) is 9.12. The normalized spacial score (nSPS) is 11.2. The van der Waals surface area contributed by atoms with Crippen LogP contribution in [0.2, 0.25) is 19.1 Å². The third kappa shape index (κ3) is 5.19. The maximum Gasteiger partial charge on any atom is 0.186 e. The van der Waals surface area contributed by atoms with Crippen LogP contribution in [-0.2, 0) is 4.43 Å². The molecular formula is C14H22O2Si. The van der Waals surface area contributed by atoms with E-state index < -0.39 is 8.32 Å². The molecule has 1 rings (SSSR count). The Morgan fingerprint density at radius 2 is 1.88 bits per heavy atom. The first-order chi connectivity index (χ1) is 8.07. The molecule has 0 atom stereocenters. The van der Waals surface area contributed by atoms with E-state index in [1.165, 1.54) is 0 Å². The van der Waals surface area contributed by atoms with Gasteiger partial charge >= 0.3 is 0 Å². The van der Waals surface area contributed by atoms with E-state index in [0.29, 0.717) is 0 Å². The van der Waals surface area contributed by atoms with Crippen LogP contribution >= 0.6 is 0 Å². The summed E-state index contributed by atoms with van der Waals surface area (Å²) in [5.41, 5.74) is 1.12. The van der Waals surface area contributed by atoms with Crippen molar-refractivity contribution < 1.29 is 9.16 Å². The van der Waals surface area contributed by atoms with E-state index in [0.717, 1.165) is 30.4 Å². The van der Waals surface area contributed by atoms with Crippen molar-refractivity contribution in [1.82, 2.24) is 0 Å². The zero-order chi connectivity index (χ0) is 12.7. The summed E-state index contributed by atoms with van der Waals surface area (Å²) in [5.74, 6) is 0.924. The monoisotopic (exact) mass is 250 g/mol. The van der Waals surface area contributed by atoms with Crippen molar-refractivity contribution in [3.05, 3.63) is 36.4 Å². The average Bonchev–Trinajstić information content (AvgIpc) is 2.35. The summed E-state index contributed by atoms with van der Waals surface area (Å²) >= 11 is 0. The van der Waals surface area contributed by atoms with Gasteiger partial charge in [-0.05, 0) is 43.3 Å². The highest BCUT2D eigenvalue weighted by atomic mass is 28.4. The van der Waals surface area contributed by atoms with E-state index in [-0.39, 0.29) is 0 Å². The minimum absolute atomic E-state index is 0.757. The largest absolute Gasteiger partial charge is 0.494 e. The zero-order valence-corrected chi connectivity index (χ0v) is 12.0. The van der Waals surface area contributed by atoms with Crippen LogP contribution in [0.15, 0.2) is 30.8 Å². The van der Waals surface area contributed by atoms with Crippen molar-refractivity contribution in [2.75, 3.05) is 13.7 Å². The quantitative estimate of drug-likeness (QED) is 0.539. The minimum Gasteiger partial charge on any atom is -0.494 e. The lowest BCUT2D eigenvalue weighted by Gasteiger charge is -2.19. The summed E-state index contributed by atoms with van der Waals surface area (Å²) in [7, 11) is 0.383. The van der Waals surface area contributed by atoms with Crippen LogP contribution in [0.1, 0.15) is 12.0 Å². The molecule has 2 nitrogen and oxygen atoms in total. The lowest BCUT2D eigenvalue weighted by Crippen LogP contribution is -2.28. The molecule has 0 saturated heterocycles. The summed E-state index contributed by atoms with van der Waals surface area (Å²) < 4.78 is 11.2. The molecule has 0 unspecified atom stereocenters. The molecule has 0 aliphatic heterocycles. The fourth-order valence-electron chi connectivity index (χ4n) is 1.49. The lowest BCUT2D eigenvalue weighted by atomic mass is 10.2. The molecule has 0 aliphatic rings. The number of rotatable bonds is 7. The predicted molar refractivity (Wildman–Crippen MR) is 75.9 cm³/mol. The van der Waals surface area contributed by atoms with Crippen LogP contribution in [0.25, 0.3) is 6.08 Å². The number of benzene rings is 1. The molecule has 0 aromatic heterocycles. The molecule has 94 valence electrons. The molecule has 0 amide bonds. The number of hydrogen-bond donors (Lipinski definition) is 0. The molecular weight excluding hydrogens is 228 g/mol. The van der Waals surface area contributed by atoms with E-state index in [9.17, 15) is 0 Å². The second kappa shape index (κ2) is 6.62. The summed E-state index contributed by atoms with van der Waals surface area (Å²) in [4.78, 5) is 0. The van der Waals surface area contributed by atoms with Crippen LogP contribution in [0.5, 0.6) is 5.75 Å². The first-order valence-electron chi connectivity index (χ1n) is 5.98. The van der Waals surface area contributed by atoms with Gasteiger partial charge < -0.3 is 9.16 Å². The van der Waals surface area contributed by atoms with E-state index >= 15 is 0 Å². The first kappa shape index (κ1) is 14.0. The topological polar surface area (TPSA) is 18.5 Å². The third-order valence-electron chi connectivity index (χ3n) is 2.86. The van der Waals surface area contributed by atoms with Crippen LogP contribution < -0.4 is 4.74 Å². The molecule has 0 fully saturated rings. The van der Waals surface area contributed by atoms with Gasteiger partial charge in [-0.15, -0.1) is 0 Å². The Bertz CT molecular complexity index is 344. The van der Waals surface area contributed by atoms with Gasteiger partial charge in [0, 0.05) is 7.11 Å². The molecule has 0 radical (unpaired) electrons. The van der Waals surface area contributed by atoms with Gasteiger partial charge in [0.1, 0.15) is 5.75 Å². The zero-order valence-electron chi connectivity index (χ0n) is 11.0. The molecule has 0 spiro atoms. The molecule has 1 aromatic rings. The molecule has 0 bridgehead atoms. The van der Waals surface area contributed by atoms with E-state index in [4.69, 9.17) is 9.16 Å². The summed E-state index contributed by atoms with van der Waals surface area (Å²) in [6.07, 6.45) is 2.88.